The molecule has 1 rings (SSSR count). The van der Waals surface area contributed by atoms with Gasteiger partial charge in [-0.1, -0.05) is 23.2 Å². The minimum Gasteiger partial charge on any atom is -0.480 e. The molecule has 0 bridgehead atoms. The average Bonchev–Trinajstić information content (AvgIpc) is 2.33. The number of anilines is 1. The molecular formula is C11H7Cl2F6NO3. The van der Waals surface area contributed by atoms with E-state index in [1.54, 1.807) is 0 Å². The fourth-order valence-electron chi connectivity index (χ4n) is 1.60. The van der Waals surface area contributed by atoms with Crippen LogP contribution in [0.25, 0.3) is 0 Å². The summed E-state index contributed by atoms with van der Waals surface area (Å²) in [6.45, 7) is -0.735. The van der Waals surface area contributed by atoms with E-state index in [-0.39, 0.29) is 17.8 Å². The van der Waals surface area contributed by atoms with Crippen LogP contribution in [0.4, 0.5) is 32.0 Å². The van der Waals surface area contributed by atoms with Crippen molar-refractivity contribution in [1.29, 1.82) is 0 Å². The third-order valence-electron chi connectivity index (χ3n) is 2.70. The van der Waals surface area contributed by atoms with Crippen molar-refractivity contribution in [3.8, 4) is 0 Å². The Hall–Kier alpha value is -1.39. The van der Waals surface area contributed by atoms with E-state index >= 15 is 0 Å². The largest absolute Gasteiger partial charge is 0.480 e. The highest BCUT2D eigenvalue weighted by Gasteiger charge is 2.71. The Balaban J connectivity index is 3.46. The van der Waals surface area contributed by atoms with Crippen molar-refractivity contribution in [2.75, 3.05) is 11.9 Å². The molecule has 0 aliphatic heterocycles. The summed E-state index contributed by atoms with van der Waals surface area (Å²) < 4.78 is 76.5. The van der Waals surface area contributed by atoms with E-state index in [4.69, 9.17) is 28.3 Å². The summed E-state index contributed by atoms with van der Waals surface area (Å²) in [5, 5.41) is 18.4. The molecule has 0 aliphatic rings. The zero-order valence-corrected chi connectivity index (χ0v) is 12.2. The second kappa shape index (κ2) is 6.25. The predicted octanol–water partition coefficient (Wildman–Crippen LogP) is 3.80. The number of rotatable bonds is 4. The molecule has 1 aromatic carbocycles. The van der Waals surface area contributed by atoms with Crippen LogP contribution in [0.3, 0.4) is 0 Å². The average molecular weight is 386 g/mol. The molecule has 0 heterocycles. The van der Waals surface area contributed by atoms with Gasteiger partial charge in [0.05, 0.1) is 15.7 Å². The third-order valence-corrected chi connectivity index (χ3v) is 3.29. The van der Waals surface area contributed by atoms with E-state index in [2.05, 4.69) is 5.32 Å². The van der Waals surface area contributed by atoms with Gasteiger partial charge in [-0.05, 0) is 12.1 Å². The summed E-state index contributed by atoms with van der Waals surface area (Å²) in [6, 6.07) is 0.414. The summed E-state index contributed by atoms with van der Waals surface area (Å²) in [5.41, 5.74) is -7.21. The number of alkyl halides is 6. The lowest BCUT2D eigenvalue weighted by atomic mass is 9.92. The van der Waals surface area contributed by atoms with Gasteiger partial charge in [0.25, 0.3) is 5.60 Å². The highest BCUT2D eigenvalue weighted by atomic mass is 35.5. The van der Waals surface area contributed by atoms with Crippen molar-refractivity contribution in [3.63, 3.8) is 0 Å². The van der Waals surface area contributed by atoms with Crippen LogP contribution in [0.2, 0.25) is 10.0 Å². The second-order valence-corrected chi connectivity index (χ2v) is 5.08. The molecular weight excluding hydrogens is 379 g/mol. The third kappa shape index (κ3) is 3.75. The summed E-state index contributed by atoms with van der Waals surface area (Å²) in [5.74, 6) is -1.37. The number of hydrogen-bond donors (Lipinski definition) is 3. The summed E-state index contributed by atoms with van der Waals surface area (Å²) in [7, 11) is 0. The fourth-order valence-corrected chi connectivity index (χ4v) is 2.22. The summed E-state index contributed by atoms with van der Waals surface area (Å²) >= 11 is 11.1. The maximum atomic E-state index is 12.8. The molecule has 0 aromatic heterocycles. The summed E-state index contributed by atoms with van der Waals surface area (Å²) in [6.07, 6.45) is -12.2. The molecule has 12 heteroatoms. The Morgan fingerprint density at radius 1 is 1.04 bits per heavy atom. The highest BCUT2D eigenvalue weighted by molar-refractivity contribution is 6.39. The molecule has 130 valence electrons. The molecule has 0 radical (unpaired) electrons. The number of carbonyl (C=O) groups is 1. The zero-order valence-electron chi connectivity index (χ0n) is 10.7. The molecule has 0 amide bonds. The second-order valence-electron chi connectivity index (χ2n) is 4.27. The van der Waals surface area contributed by atoms with E-state index in [0.29, 0.717) is 0 Å². The number of carboxylic acids is 1. The van der Waals surface area contributed by atoms with E-state index < -0.39 is 46.1 Å². The Morgan fingerprint density at radius 2 is 1.43 bits per heavy atom. The van der Waals surface area contributed by atoms with Crippen molar-refractivity contribution in [2.45, 2.75) is 18.0 Å². The van der Waals surface area contributed by atoms with Crippen LogP contribution < -0.4 is 5.32 Å². The molecule has 0 unspecified atom stereocenters. The van der Waals surface area contributed by atoms with Gasteiger partial charge in [0.2, 0.25) is 0 Å². The molecule has 23 heavy (non-hydrogen) atoms. The van der Waals surface area contributed by atoms with Gasteiger partial charge in [-0.25, -0.2) is 0 Å². The Morgan fingerprint density at radius 3 is 1.74 bits per heavy atom. The maximum Gasteiger partial charge on any atom is 0.430 e. The van der Waals surface area contributed by atoms with E-state index in [0.717, 1.165) is 0 Å². The first-order valence-corrected chi connectivity index (χ1v) is 6.28. The Labute approximate surface area is 134 Å². The van der Waals surface area contributed by atoms with Crippen molar-refractivity contribution in [3.05, 3.63) is 27.7 Å². The van der Waals surface area contributed by atoms with Crippen molar-refractivity contribution in [1.82, 2.24) is 0 Å². The summed E-state index contributed by atoms with van der Waals surface area (Å²) in [4.78, 5) is 10.4. The molecule has 0 saturated carbocycles. The van der Waals surface area contributed by atoms with Crippen LogP contribution in [-0.4, -0.2) is 35.1 Å². The van der Waals surface area contributed by atoms with Gasteiger partial charge in [0, 0.05) is 5.56 Å². The lowest BCUT2D eigenvalue weighted by molar-refractivity contribution is -0.376. The molecule has 0 spiro atoms. The molecule has 0 aliphatic carbocycles. The van der Waals surface area contributed by atoms with Gasteiger partial charge < -0.3 is 15.5 Å². The first kappa shape index (κ1) is 19.7. The standard InChI is InChI=1S/C11H7Cl2F6NO3/c12-5-1-4(2-6(13)8(5)20-3-7(21)22)9(23,10(14,15)16)11(17,18)19/h1-2,20,23H,3H2,(H,21,22). The van der Waals surface area contributed by atoms with Gasteiger partial charge in [0.1, 0.15) is 6.54 Å². The molecule has 0 fully saturated rings. The van der Waals surface area contributed by atoms with E-state index in [1.807, 2.05) is 0 Å². The molecule has 3 N–H and O–H groups in total. The van der Waals surface area contributed by atoms with Crippen LogP contribution in [0.1, 0.15) is 5.56 Å². The normalized spacial score (nSPS) is 13.1. The number of aliphatic hydroxyl groups is 1. The van der Waals surface area contributed by atoms with Crippen LogP contribution in [-0.2, 0) is 10.4 Å². The number of benzene rings is 1. The van der Waals surface area contributed by atoms with E-state index in [1.165, 1.54) is 0 Å². The van der Waals surface area contributed by atoms with Crippen LogP contribution in [0.15, 0.2) is 12.1 Å². The van der Waals surface area contributed by atoms with Gasteiger partial charge in [-0.15, -0.1) is 0 Å². The number of halogens is 8. The topological polar surface area (TPSA) is 69.6 Å². The lowest BCUT2D eigenvalue weighted by Gasteiger charge is -2.33. The molecule has 1 aromatic rings. The Bertz CT molecular complexity index is 580. The first-order valence-electron chi connectivity index (χ1n) is 5.53. The Kier molecular flexibility index (Phi) is 5.34. The highest BCUT2D eigenvalue weighted by Crippen LogP contribution is 2.51. The quantitative estimate of drug-likeness (QED) is 0.689. The number of nitrogens with one attached hydrogen (secondary N) is 1. The SMILES string of the molecule is O=C(O)CNc1c(Cl)cc(C(O)(C(F)(F)F)C(F)(F)F)cc1Cl. The van der Waals surface area contributed by atoms with Gasteiger partial charge >= 0.3 is 18.3 Å². The van der Waals surface area contributed by atoms with Crippen LogP contribution in [0, 0.1) is 0 Å². The van der Waals surface area contributed by atoms with E-state index in [9.17, 15) is 36.2 Å². The molecule has 4 nitrogen and oxygen atoms in total. The number of hydrogen-bond acceptors (Lipinski definition) is 3. The maximum absolute atomic E-state index is 12.8. The zero-order chi connectivity index (χ0) is 18.2. The first-order chi connectivity index (χ1) is 10.2. The number of carboxylic acid groups (broad SMARTS) is 1. The minimum absolute atomic E-state index is 0.207. The smallest absolute Gasteiger partial charge is 0.430 e. The van der Waals surface area contributed by atoms with Crippen LogP contribution in [0.5, 0.6) is 0 Å². The fraction of sp³-hybridized carbons (Fsp3) is 0.364. The molecule has 0 atom stereocenters. The van der Waals surface area contributed by atoms with Crippen molar-refractivity contribution >= 4 is 34.9 Å². The van der Waals surface area contributed by atoms with Crippen molar-refractivity contribution < 1.29 is 41.4 Å². The predicted molar refractivity (Wildman–Crippen MR) is 68.6 cm³/mol. The molecule has 0 saturated heterocycles. The van der Waals surface area contributed by atoms with Crippen LogP contribution >= 0.6 is 23.2 Å². The number of aliphatic carboxylic acids is 1. The van der Waals surface area contributed by atoms with Gasteiger partial charge in [-0.2, -0.15) is 26.3 Å². The lowest BCUT2D eigenvalue weighted by Crippen LogP contribution is -2.53. The van der Waals surface area contributed by atoms with Crippen molar-refractivity contribution in [2.24, 2.45) is 0 Å². The van der Waals surface area contributed by atoms with Gasteiger partial charge in [-0.3, -0.25) is 4.79 Å². The van der Waals surface area contributed by atoms with Gasteiger partial charge in [0.15, 0.2) is 0 Å². The minimum atomic E-state index is -6.09. The monoisotopic (exact) mass is 385 g/mol.